The number of anilines is 3. The number of aromatic nitrogens is 3. The van der Waals surface area contributed by atoms with E-state index in [4.69, 9.17) is 19.9 Å². The third-order valence-corrected chi connectivity index (χ3v) is 10.2. The Hall–Kier alpha value is -4.42. The summed E-state index contributed by atoms with van der Waals surface area (Å²) in [6.45, 7) is 8.01. The summed E-state index contributed by atoms with van der Waals surface area (Å²) in [5, 5.41) is 0.358. The van der Waals surface area contributed by atoms with Crippen molar-refractivity contribution in [3.05, 3.63) is 76.1 Å². The maximum atomic E-state index is 16.0. The van der Waals surface area contributed by atoms with Crippen LogP contribution in [0.5, 0.6) is 11.6 Å². The van der Waals surface area contributed by atoms with Crippen molar-refractivity contribution < 1.29 is 18.6 Å². The van der Waals surface area contributed by atoms with Gasteiger partial charge in [-0.25, -0.2) is 14.4 Å². The van der Waals surface area contributed by atoms with Gasteiger partial charge < -0.3 is 34.3 Å². The van der Waals surface area contributed by atoms with Crippen LogP contribution in [0.15, 0.2) is 53.7 Å². The van der Waals surface area contributed by atoms with Gasteiger partial charge in [-0.15, -0.1) is 0 Å². The molecular weight excluding hydrogens is 601 g/mol. The monoisotopic (exact) mass is 641 g/mol. The lowest BCUT2D eigenvalue weighted by Crippen LogP contribution is -2.66. The van der Waals surface area contributed by atoms with Gasteiger partial charge >= 0.3 is 0 Å². The van der Waals surface area contributed by atoms with E-state index in [9.17, 15) is 4.79 Å². The summed E-state index contributed by atoms with van der Waals surface area (Å²) < 4.78 is 35.2. The molecule has 1 spiro atoms. The zero-order chi connectivity index (χ0) is 32.3. The van der Waals surface area contributed by atoms with Crippen molar-refractivity contribution in [2.45, 2.75) is 44.9 Å². The van der Waals surface area contributed by atoms with E-state index >= 15 is 4.39 Å². The molecule has 7 heterocycles. The van der Waals surface area contributed by atoms with Gasteiger partial charge in [0, 0.05) is 69.3 Å². The topological polar surface area (TPSA) is 111 Å². The molecular formula is C35H40FN7O4. The Labute approximate surface area is 272 Å². The van der Waals surface area contributed by atoms with Crippen LogP contribution >= 0.6 is 0 Å². The van der Waals surface area contributed by atoms with E-state index in [0.717, 1.165) is 50.3 Å². The fraction of sp³-hybridized carbons (Fsp3) is 0.457. The van der Waals surface area contributed by atoms with Crippen molar-refractivity contribution in [2.75, 3.05) is 68.6 Å². The van der Waals surface area contributed by atoms with Gasteiger partial charge in [-0.1, -0.05) is 0 Å². The summed E-state index contributed by atoms with van der Waals surface area (Å²) in [7, 11) is 1.61. The Morgan fingerprint density at radius 1 is 1.15 bits per heavy atom. The highest BCUT2D eigenvalue weighted by Gasteiger charge is 2.50. The maximum absolute atomic E-state index is 16.0. The van der Waals surface area contributed by atoms with Crippen molar-refractivity contribution in [3.63, 3.8) is 0 Å². The van der Waals surface area contributed by atoms with Crippen molar-refractivity contribution in [1.29, 1.82) is 0 Å². The number of nitrogen functional groups attached to an aromatic ring is 1. The Morgan fingerprint density at radius 3 is 2.74 bits per heavy atom. The summed E-state index contributed by atoms with van der Waals surface area (Å²) in [4.78, 5) is 29.6. The molecule has 8 rings (SSSR count). The number of ether oxygens (including phenoxy) is 3. The molecule has 3 saturated heterocycles. The number of benzene rings is 1. The van der Waals surface area contributed by atoms with Crippen LogP contribution in [-0.2, 0) is 17.8 Å². The lowest BCUT2D eigenvalue weighted by Gasteiger charge is -2.56. The van der Waals surface area contributed by atoms with Crippen molar-refractivity contribution in [2.24, 2.45) is 5.41 Å². The second-order valence-electron chi connectivity index (χ2n) is 13.6. The van der Waals surface area contributed by atoms with E-state index in [1.54, 1.807) is 13.3 Å². The number of halogens is 1. The van der Waals surface area contributed by atoms with Crippen molar-refractivity contribution >= 4 is 28.1 Å². The predicted molar refractivity (Wildman–Crippen MR) is 178 cm³/mol. The van der Waals surface area contributed by atoms with Gasteiger partial charge in [0.2, 0.25) is 5.88 Å². The van der Waals surface area contributed by atoms with E-state index in [2.05, 4.69) is 31.3 Å². The van der Waals surface area contributed by atoms with Crippen LogP contribution in [0, 0.1) is 11.2 Å². The molecule has 4 aliphatic rings. The van der Waals surface area contributed by atoms with Crippen LogP contribution in [0.1, 0.15) is 36.9 Å². The largest absolute Gasteiger partial charge is 0.487 e. The lowest BCUT2D eigenvalue weighted by molar-refractivity contribution is -0.127. The van der Waals surface area contributed by atoms with Crippen LogP contribution < -0.4 is 30.4 Å². The van der Waals surface area contributed by atoms with Gasteiger partial charge in [0.15, 0.2) is 17.0 Å². The standard InChI is InChI=1S/C35H40FN7O4/c1-22-17-47-34-31-27(11-28(36)32(34)42-18-35(19-42)20-46-21-35)33(44)24(15-43(22)31)14-41(13-23-7-8-38-30(10-23)45-2)26-4-3-9-40(16-26)25-5-6-29(37)39-12-25/h5-8,10-12,15,22,26H,3-4,9,13-14,16-21H2,1-2H3,(H2,37,39)/t22?,26-/m0/s1. The van der Waals surface area contributed by atoms with Crippen LogP contribution in [0.4, 0.5) is 21.6 Å². The zero-order valence-electron chi connectivity index (χ0n) is 26.8. The van der Waals surface area contributed by atoms with Crippen molar-refractivity contribution in [3.8, 4) is 11.6 Å². The Balaban J connectivity index is 1.16. The third-order valence-electron chi connectivity index (χ3n) is 10.2. The molecule has 246 valence electrons. The molecule has 0 aliphatic carbocycles. The number of nitrogens with zero attached hydrogens (tertiary/aromatic N) is 6. The van der Waals surface area contributed by atoms with Crippen LogP contribution in [0.3, 0.4) is 0 Å². The highest BCUT2D eigenvalue weighted by atomic mass is 19.1. The van der Waals surface area contributed by atoms with E-state index in [1.165, 1.54) is 6.07 Å². The van der Waals surface area contributed by atoms with Gasteiger partial charge in [-0.2, -0.15) is 0 Å². The zero-order valence-corrected chi connectivity index (χ0v) is 26.8. The van der Waals surface area contributed by atoms with E-state index in [-0.39, 0.29) is 22.9 Å². The van der Waals surface area contributed by atoms with Gasteiger partial charge in [0.05, 0.1) is 54.6 Å². The first-order valence-electron chi connectivity index (χ1n) is 16.4. The first-order valence-corrected chi connectivity index (χ1v) is 16.4. The molecule has 47 heavy (non-hydrogen) atoms. The molecule has 11 nitrogen and oxygen atoms in total. The molecule has 1 unspecified atom stereocenters. The minimum absolute atomic E-state index is 0.0217. The molecule has 3 aromatic heterocycles. The van der Waals surface area contributed by atoms with Gasteiger partial charge in [0.1, 0.15) is 18.1 Å². The molecule has 2 atom stereocenters. The lowest BCUT2D eigenvalue weighted by atomic mass is 9.77. The Kier molecular flexibility index (Phi) is 7.44. The quantitative estimate of drug-likeness (QED) is 0.303. The molecule has 12 heteroatoms. The summed E-state index contributed by atoms with van der Waals surface area (Å²) in [5.41, 5.74) is 9.63. The predicted octanol–water partition coefficient (Wildman–Crippen LogP) is 3.98. The number of hydrogen-bond acceptors (Lipinski definition) is 10. The van der Waals surface area contributed by atoms with E-state index in [0.29, 0.717) is 72.5 Å². The van der Waals surface area contributed by atoms with Crippen LogP contribution in [0.25, 0.3) is 10.9 Å². The van der Waals surface area contributed by atoms with E-state index < -0.39 is 5.82 Å². The average Bonchev–Trinajstić information content (AvgIpc) is 3.04. The SMILES string of the molecule is COc1cc(CN(Cc2cn3c4c(c(N5CC6(COC6)C5)c(F)cc4c2=O)OCC3C)[C@H]2CCCN(c3ccc(N)nc3)C2)ccn1. The van der Waals surface area contributed by atoms with Gasteiger partial charge in [-0.05, 0) is 49.6 Å². The molecule has 4 aliphatic heterocycles. The molecule has 0 saturated carbocycles. The minimum atomic E-state index is -0.418. The molecule has 4 aromatic rings. The van der Waals surface area contributed by atoms with Crippen molar-refractivity contribution in [1.82, 2.24) is 19.4 Å². The van der Waals surface area contributed by atoms with E-state index in [1.807, 2.05) is 41.6 Å². The summed E-state index contributed by atoms with van der Waals surface area (Å²) >= 11 is 0. The highest BCUT2D eigenvalue weighted by Crippen LogP contribution is 2.48. The highest BCUT2D eigenvalue weighted by molar-refractivity contribution is 5.92. The first-order chi connectivity index (χ1) is 22.8. The van der Waals surface area contributed by atoms with Gasteiger partial charge in [-0.3, -0.25) is 9.69 Å². The maximum Gasteiger partial charge on any atom is 0.213 e. The molecule has 1 aromatic carbocycles. The van der Waals surface area contributed by atoms with Crippen LogP contribution in [-0.4, -0.2) is 78.6 Å². The molecule has 2 N–H and O–H groups in total. The second kappa shape index (κ2) is 11.7. The number of pyridine rings is 3. The minimum Gasteiger partial charge on any atom is -0.487 e. The smallest absolute Gasteiger partial charge is 0.213 e. The number of nitrogens with two attached hydrogens (primary N) is 1. The Bertz CT molecular complexity index is 1870. The Morgan fingerprint density at radius 2 is 2.00 bits per heavy atom. The second-order valence-corrected chi connectivity index (χ2v) is 13.6. The number of hydrogen-bond donors (Lipinski definition) is 1. The number of methoxy groups -OCH3 is 1. The summed E-state index contributed by atoms with van der Waals surface area (Å²) in [6.07, 6.45) is 7.50. The molecule has 0 bridgehead atoms. The molecule has 3 fully saturated rings. The first kappa shape index (κ1) is 29.9. The third kappa shape index (κ3) is 5.33. The molecule has 0 radical (unpaired) electrons. The van der Waals surface area contributed by atoms with Gasteiger partial charge in [0.25, 0.3) is 0 Å². The average molecular weight is 642 g/mol. The normalized spacial score (nSPS) is 21.4. The molecule has 0 amide bonds. The van der Waals surface area contributed by atoms with Crippen LogP contribution in [0.2, 0.25) is 0 Å². The number of rotatable bonds is 8. The fourth-order valence-corrected chi connectivity index (χ4v) is 7.67. The fourth-order valence-electron chi connectivity index (χ4n) is 7.67. The summed E-state index contributed by atoms with van der Waals surface area (Å²) in [6, 6.07) is 9.30. The number of piperidine rings is 1. The summed E-state index contributed by atoms with van der Waals surface area (Å²) in [5.74, 6) is 1.09.